The largest absolute Gasteiger partial charge is 0.505 e. The number of allylic oxidation sites excluding steroid dienone is 1. The first-order chi connectivity index (χ1) is 8.85. The lowest BCUT2D eigenvalue weighted by atomic mass is 10.8. The van der Waals surface area contributed by atoms with Crippen LogP contribution in [0.1, 0.15) is 13.8 Å². The van der Waals surface area contributed by atoms with E-state index in [2.05, 4.69) is 25.5 Å². The van der Waals surface area contributed by atoms with Crippen LogP contribution < -0.4 is 0 Å². The lowest BCUT2D eigenvalue weighted by Crippen LogP contribution is -2.10. The molecule has 8 heteroatoms. The molecule has 0 radical (unpaired) electrons. The summed E-state index contributed by atoms with van der Waals surface area (Å²) < 4.78 is 17.2. The number of carbonyl (C=O) groups is 2. The van der Waals surface area contributed by atoms with Gasteiger partial charge in [-0.1, -0.05) is 6.08 Å². The van der Waals surface area contributed by atoms with E-state index >= 15 is 0 Å². The predicted molar refractivity (Wildman–Crippen MR) is 67.3 cm³/mol. The van der Waals surface area contributed by atoms with E-state index in [0.29, 0.717) is 0 Å². The molecule has 0 aliphatic heterocycles. The Bertz CT molecular complexity index is 209. The molecule has 0 aromatic heterocycles. The van der Waals surface area contributed by atoms with Crippen LogP contribution in [-0.2, 0) is 18.9 Å². The van der Waals surface area contributed by atoms with Crippen LogP contribution in [0.25, 0.3) is 0 Å². The molecule has 114 valence electrons. The summed E-state index contributed by atoms with van der Waals surface area (Å²) >= 11 is 0. The molecule has 0 spiro atoms. The minimum absolute atomic E-state index is 0.0648. The SMILES string of the molecule is C=CC.COC(C)OC.O=C(O)OCCOC(=O)O. The lowest BCUT2D eigenvalue weighted by Gasteiger charge is -2.03. The Morgan fingerprint density at radius 1 is 1.11 bits per heavy atom. The monoisotopic (exact) mass is 282 g/mol. The summed E-state index contributed by atoms with van der Waals surface area (Å²) in [6.07, 6.45) is -1.21. The molecule has 0 bridgehead atoms. The standard InChI is InChI=1S/C4H6O6.C4H10O2.C3H6/c5-3(6)9-1-2-10-4(7)8;1-4(5-2)6-3;1-3-2/h1-2H2,(H,5,6)(H,7,8);4H,1-3H3;3H,1H2,2H3. The number of methoxy groups -OCH3 is 2. The zero-order chi connectivity index (χ0) is 15.7. The number of hydrogen-bond donors (Lipinski definition) is 2. The first kappa shape index (κ1) is 22.4. The molecular weight excluding hydrogens is 260 g/mol. The van der Waals surface area contributed by atoms with Crippen LogP contribution in [0.5, 0.6) is 0 Å². The topological polar surface area (TPSA) is 112 Å². The van der Waals surface area contributed by atoms with Crippen LogP contribution >= 0.6 is 0 Å². The van der Waals surface area contributed by atoms with Gasteiger partial charge in [-0.15, -0.1) is 6.58 Å². The van der Waals surface area contributed by atoms with Crippen molar-refractivity contribution in [3.63, 3.8) is 0 Å². The third-order valence-electron chi connectivity index (χ3n) is 1.20. The maximum absolute atomic E-state index is 9.62. The fourth-order valence-corrected chi connectivity index (χ4v) is 0.354. The smallest absolute Gasteiger partial charge is 0.450 e. The van der Waals surface area contributed by atoms with Gasteiger partial charge >= 0.3 is 12.3 Å². The highest BCUT2D eigenvalue weighted by Crippen LogP contribution is 1.83. The number of rotatable bonds is 5. The summed E-state index contributed by atoms with van der Waals surface area (Å²) in [5.74, 6) is 0. The normalized spacial score (nSPS) is 8.26. The van der Waals surface area contributed by atoms with Crippen molar-refractivity contribution >= 4 is 12.3 Å². The third-order valence-corrected chi connectivity index (χ3v) is 1.20. The summed E-state index contributed by atoms with van der Waals surface area (Å²) in [6.45, 7) is 6.53. The Morgan fingerprint density at radius 3 is 1.47 bits per heavy atom. The Hall–Kier alpha value is -1.80. The van der Waals surface area contributed by atoms with Crippen molar-refractivity contribution < 1.29 is 38.7 Å². The Morgan fingerprint density at radius 2 is 1.37 bits per heavy atom. The van der Waals surface area contributed by atoms with Gasteiger partial charge in [-0.3, -0.25) is 0 Å². The molecule has 0 amide bonds. The summed E-state index contributed by atoms with van der Waals surface area (Å²) in [6, 6.07) is 0. The summed E-state index contributed by atoms with van der Waals surface area (Å²) in [5.41, 5.74) is 0. The molecule has 2 N–H and O–H groups in total. The predicted octanol–water partition coefficient (Wildman–Crippen LogP) is 2.19. The second kappa shape index (κ2) is 18.6. The first-order valence-corrected chi connectivity index (χ1v) is 5.19. The van der Waals surface area contributed by atoms with Gasteiger partial charge in [-0.25, -0.2) is 9.59 Å². The zero-order valence-electron chi connectivity index (χ0n) is 11.6. The van der Waals surface area contributed by atoms with E-state index in [1.54, 1.807) is 20.3 Å². The maximum atomic E-state index is 9.62. The van der Waals surface area contributed by atoms with Gasteiger partial charge < -0.3 is 29.2 Å². The molecule has 0 atom stereocenters. The summed E-state index contributed by atoms with van der Waals surface area (Å²) in [4.78, 5) is 19.2. The van der Waals surface area contributed by atoms with Crippen LogP contribution in [0.3, 0.4) is 0 Å². The molecule has 0 saturated carbocycles. The minimum Gasteiger partial charge on any atom is -0.450 e. The minimum atomic E-state index is -1.45. The molecule has 0 fully saturated rings. The van der Waals surface area contributed by atoms with Crippen LogP contribution in [0.2, 0.25) is 0 Å². The zero-order valence-corrected chi connectivity index (χ0v) is 11.6. The maximum Gasteiger partial charge on any atom is 0.505 e. The van der Waals surface area contributed by atoms with E-state index in [1.165, 1.54) is 0 Å². The molecule has 0 saturated heterocycles. The van der Waals surface area contributed by atoms with E-state index in [0.717, 1.165) is 0 Å². The van der Waals surface area contributed by atoms with Crippen molar-refractivity contribution in [2.75, 3.05) is 27.4 Å². The van der Waals surface area contributed by atoms with Crippen LogP contribution in [0, 0.1) is 0 Å². The average molecular weight is 282 g/mol. The molecule has 0 aliphatic carbocycles. The Labute approximate surface area is 112 Å². The molecule has 0 aliphatic rings. The van der Waals surface area contributed by atoms with Gasteiger partial charge in [-0.2, -0.15) is 0 Å². The summed E-state index contributed by atoms with van der Waals surface area (Å²) in [7, 11) is 3.21. The molecule has 0 unspecified atom stereocenters. The van der Waals surface area contributed by atoms with Gasteiger partial charge in [0.1, 0.15) is 13.2 Å². The average Bonchev–Trinajstić information content (AvgIpc) is 2.35. The number of carboxylic acid groups (broad SMARTS) is 2. The second-order valence-corrected chi connectivity index (χ2v) is 2.68. The summed E-state index contributed by atoms with van der Waals surface area (Å²) in [5, 5.41) is 15.7. The Kier molecular flexibility index (Phi) is 21.9. The number of ether oxygens (including phenoxy) is 4. The molecule has 8 nitrogen and oxygen atoms in total. The van der Waals surface area contributed by atoms with Gasteiger partial charge in [0.05, 0.1) is 0 Å². The first-order valence-electron chi connectivity index (χ1n) is 5.19. The second-order valence-electron chi connectivity index (χ2n) is 2.68. The van der Waals surface area contributed by atoms with Crippen LogP contribution in [-0.4, -0.2) is 56.2 Å². The highest BCUT2D eigenvalue weighted by Gasteiger charge is 1.98. The van der Waals surface area contributed by atoms with Crippen molar-refractivity contribution in [3.05, 3.63) is 12.7 Å². The van der Waals surface area contributed by atoms with E-state index < -0.39 is 12.3 Å². The molecule has 0 rings (SSSR count). The molecule has 19 heavy (non-hydrogen) atoms. The van der Waals surface area contributed by atoms with E-state index in [9.17, 15) is 9.59 Å². The van der Waals surface area contributed by atoms with E-state index in [1.807, 2.05) is 13.8 Å². The quantitative estimate of drug-likeness (QED) is 0.341. The van der Waals surface area contributed by atoms with E-state index in [4.69, 9.17) is 10.2 Å². The van der Waals surface area contributed by atoms with Gasteiger partial charge in [0.15, 0.2) is 6.29 Å². The van der Waals surface area contributed by atoms with Gasteiger partial charge in [0, 0.05) is 14.2 Å². The Balaban J connectivity index is -0.000000242. The van der Waals surface area contributed by atoms with Crippen molar-refractivity contribution in [3.8, 4) is 0 Å². The van der Waals surface area contributed by atoms with Crippen molar-refractivity contribution in [1.29, 1.82) is 0 Å². The molecule has 0 aromatic carbocycles. The number of hydrogen-bond acceptors (Lipinski definition) is 6. The van der Waals surface area contributed by atoms with Crippen LogP contribution in [0.15, 0.2) is 12.7 Å². The van der Waals surface area contributed by atoms with Gasteiger partial charge in [-0.05, 0) is 13.8 Å². The highest BCUT2D eigenvalue weighted by molar-refractivity contribution is 5.57. The van der Waals surface area contributed by atoms with Crippen molar-refractivity contribution in [1.82, 2.24) is 0 Å². The van der Waals surface area contributed by atoms with E-state index in [-0.39, 0.29) is 19.5 Å². The third kappa shape index (κ3) is 38.6. The van der Waals surface area contributed by atoms with Crippen LogP contribution in [0.4, 0.5) is 9.59 Å². The van der Waals surface area contributed by atoms with Gasteiger partial charge in [0.2, 0.25) is 0 Å². The lowest BCUT2D eigenvalue weighted by molar-refractivity contribution is -0.0877. The fourth-order valence-electron chi connectivity index (χ4n) is 0.354. The molecule has 0 heterocycles. The van der Waals surface area contributed by atoms with Crippen molar-refractivity contribution in [2.24, 2.45) is 0 Å². The van der Waals surface area contributed by atoms with Crippen molar-refractivity contribution in [2.45, 2.75) is 20.1 Å². The fraction of sp³-hybridized carbons (Fsp3) is 0.636. The molecule has 0 aromatic rings. The molecular formula is C11H22O8. The highest BCUT2D eigenvalue weighted by atomic mass is 16.7. The van der Waals surface area contributed by atoms with Gasteiger partial charge in [0.25, 0.3) is 0 Å².